The number of hydrogen-bond donors (Lipinski definition) is 1. The van der Waals surface area contributed by atoms with Gasteiger partial charge in [0.1, 0.15) is 0 Å². The summed E-state index contributed by atoms with van der Waals surface area (Å²) < 4.78 is 0. The average Bonchev–Trinajstić information content (AvgIpc) is 2.53. The van der Waals surface area contributed by atoms with Gasteiger partial charge in [0.05, 0.1) is 10.6 Å². The lowest BCUT2D eigenvalue weighted by Crippen LogP contribution is -2.19. The Morgan fingerprint density at radius 3 is 2.55 bits per heavy atom. The van der Waals surface area contributed by atoms with E-state index in [4.69, 9.17) is 0 Å². The minimum Gasteiger partial charge on any atom is -0.267 e. The second kappa shape index (κ2) is 6.57. The van der Waals surface area contributed by atoms with Crippen molar-refractivity contribution in [2.75, 3.05) is 0 Å². The summed E-state index contributed by atoms with van der Waals surface area (Å²) in [6.07, 6.45) is 3.25. The molecule has 0 aliphatic rings. The van der Waals surface area contributed by atoms with Crippen molar-refractivity contribution in [1.29, 1.82) is 0 Å². The molecule has 2 rings (SSSR count). The van der Waals surface area contributed by atoms with E-state index in [9.17, 15) is 14.9 Å². The Balaban J connectivity index is 2.16. The van der Waals surface area contributed by atoms with E-state index in [0.717, 1.165) is 5.56 Å². The van der Waals surface area contributed by atoms with Crippen molar-refractivity contribution in [3.8, 4) is 0 Å². The molecular weight excluding hydrogens is 284 g/mol. The average molecular weight is 298 g/mol. The van der Waals surface area contributed by atoms with Gasteiger partial charge in [0.25, 0.3) is 11.6 Å². The largest absolute Gasteiger partial charge is 0.273 e. The van der Waals surface area contributed by atoms with Gasteiger partial charge in [0.2, 0.25) is 0 Å². The minimum atomic E-state index is -0.516. The second-order valence-corrected chi connectivity index (χ2v) is 4.63. The number of nitrogens with one attached hydrogen (secondary N) is 1. The molecule has 0 atom stereocenters. The number of amides is 1. The third kappa shape index (κ3) is 3.51. The molecule has 2 aromatic rings. The summed E-state index contributed by atoms with van der Waals surface area (Å²) in [7, 11) is 0. The number of carbonyl (C=O) groups is 1. The van der Waals surface area contributed by atoms with Crippen molar-refractivity contribution >= 4 is 17.3 Å². The minimum absolute atomic E-state index is 0.0949. The van der Waals surface area contributed by atoms with E-state index in [1.54, 1.807) is 38.4 Å². The quantitative estimate of drug-likeness (QED) is 0.532. The summed E-state index contributed by atoms with van der Waals surface area (Å²) in [4.78, 5) is 26.3. The maximum Gasteiger partial charge on any atom is 0.273 e. The lowest BCUT2D eigenvalue weighted by molar-refractivity contribution is -0.385. The van der Waals surface area contributed by atoms with E-state index in [1.165, 1.54) is 18.2 Å². The van der Waals surface area contributed by atoms with Crippen LogP contribution in [-0.4, -0.2) is 21.5 Å². The highest BCUT2D eigenvalue weighted by Gasteiger charge is 2.14. The number of aryl methyl sites for hydroxylation is 1. The smallest absolute Gasteiger partial charge is 0.267 e. The Labute approximate surface area is 126 Å². The van der Waals surface area contributed by atoms with Gasteiger partial charge in [-0.15, -0.1) is 0 Å². The predicted molar refractivity (Wildman–Crippen MR) is 81.7 cm³/mol. The van der Waals surface area contributed by atoms with Crippen molar-refractivity contribution in [3.63, 3.8) is 0 Å². The molecule has 0 spiro atoms. The number of aromatic nitrogens is 1. The molecule has 7 nitrogen and oxygen atoms in total. The number of hydrogen-bond acceptors (Lipinski definition) is 5. The Bertz CT molecular complexity index is 742. The van der Waals surface area contributed by atoms with Gasteiger partial charge in [-0.05, 0) is 32.0 Å². The normalized spacial score (nSPS) is 11.1. The van der Waals surface area contributed by atoms with Gasteiger partial charge in [-0.3, -0.25) is 19.9 Å². The Morgan fingerprint density at radius 1 is 1.23 bits per heavy atom. The summed E-state index contributed by atoms with van der Waals surface area (Å²) in [5.41, 5.74) is 4.41. The monoisotopic (exact) mass is 298 g/mol. The van der Waals surface area contributed by atoms with E-state index in [2.05, 4.69) is 15.5 Å². The van der Waals surface area contributed by atoms with E-state index < -0.39 is 10.8 Å². The lowest BCUT2D eigenvalue weighted by atomic mass is 10.1. The highest BCUT2D eigenvalue weighted by atomic mass is 16.6. The van der Waals surface area contributed by atoms with Gasteiger partial charge in [-0.1, -0.05) is 6.07 Å². The zero-order valence-electron chi connectivity index (χ0n) is 12.1. The first-order valence-electron chi connectivity index (χ1n) is 6.49. The molecule has 1 aromatic carbocycles. The van der Waals surface area contributed by atoms with Gasteiger partial charge in [0, 0.05) is 35.2 Å². The first-order valence-corrected chi connectivity index (χ1v) is 6.49. The summed E-state index contributed by atoms with van der Waals surface area (Å²) in [6, 6.07) is 7.83. The number of pyridine rings is 1. The first-order chi connectivity index (χ1) is 10.5. The number of hydrazone groups is 1. The van der Waals surface area contributed by atoms with Crippen LogP contribution >= 0.6 is 0 Å². The summed E-state index contributed by atoms with van der Waals surface area (Å²) in [5.74, 6) is -0.503. The summed E-state index contributed by atoms with van der Waals surface area (Å²) in [6.45, 7) is 3.36. The number of nitrogens with zero attached hydrogens (tertiary/aromatic N) is 3. The maximum absolute atomic E-state index is 12.0. The van der Waals surface area contributed by atoms with Crippen molar-refractivity contribution < 1.29 is 9.72 Å². The van der Waals surface area contributed by atoms with Gasteiger partial charge in [-0.2, -0.15) is 5.10 Å². The first kappa shape index (κ1) is 15.3. The molecule has 1 amide bonds. The van der Waals surface area contributed by atoms with Crippen LogP contribution < -0.4 is 5.43 Å². The molecule has 0 aliphatic heterocycles. The van der Waals surface area contributed by atoms with Crippen LogP contribution in [0.4, 0.5) is 5.69 Å². The molecule has 0 fully saturated rings. The Morgan fingerprint density at radius 2 is 1.91 bits per heavy atom. The zero-order chi connectivity index (χ0) is 16.1. The highest BCUT2D eigenvalue weighted by Crippen LogP contribution is 2.19. The van der Waals surface area contributed by atoms with Crippen LogP contribution in [0.1, 0.15) is 28.4 Å². The third-order valence-corrected chi connectivity index (χ3v) is 3.09. The molecule has 0 unspecified atom stereocenters. The number of rotatable bonds is 4. The van der Waals surface area contributed by atoms with Gasteiger partial charge in [0.15, 0.2) is 0 Å². The zero-order valence-corrected chi connectivity index (χ0v) is 12.1. The molecule has 22 heavy (non-hydrogen) atoms. The lowest BCUT2D eigenvalue weighted by Gasteiger charge is -2.04. The van der Waals surface area contributed by atoms with Gasteiger partial charge in [-0.25, -0.2) is 5.43 Å². The van der Waals surface area contributed by atoms with Crippen molar-refractivity contribution in [1.82, 2.24) is 10.4 Å². The summed E-state index contributed by atoms with van der Waals surface area (Å²) >= 11 is 0. The molecule has 0 saturated carbocycles. The van der Waals surface area contributed by atoms with Crippen molar-refractivity contribution in [2.24, 2.45) is 5.10 Å². The third-order valence-electron chi connectivity index (χ3n) is 3.09. The van der Waals surface area contributed by atoms with Crippen LogP contribution in [-0.2, 0) is 0 Å². The molecular formula is C15H14N4O3. The molecule has 0 aliphatic carbocycles. The number of carbonyl (C=O) groups excluding carboxylic acids is 1. The number of benzene rings is 1. The van der Waals surface area contributed by atoms with E-state index >= 15 is 0 Å². The van der Waals surface area contributed by atoms with Crippen molar-refractivity contribution in [2.45, 2.75) is 13.8 Å². The Hall–Kier alpha value is -3.09. The Kier molecular flexibility index (Phi) is 4.57. The second-order valence-electron chi connectivity index (χ2n) is 4.63. The maximum atomic E-state index is 12.0. The fourth-order valence-corrected chi connectivity index (χ4v) is 1.80. The van der Waals surface area contributed by atoms with E-state index in [1.807, 2.05) is 0 Å². The molecule has 1 aromatic heterocycles. The SMILES string of the molecule is C/C(=N\NC(=O)c1ccc(C)c([N+](=O)[O-])c1)c1ccncc1. The molecule has 0 radical (unpaired) electrons. The fraction of sp³-hybridized carbons (Fsp3) is 0.133. The highest BCUT2D eigenvalue weighted by molar-refractivity contribution is 6.00. The molecule has 112 valence electrons. The van der Waals surface area contributed by atoms with Crippen LogP contribution in [0.15, 0.2) is 47.8 Å². The van der Waals surface area contributed by atoms with E-state index in [-0.39, 0.29) is 11.3 Å². The molecule has 0 saturated heterocycles. The standard InChI is InChI=1S/C15H14N4O3/c1-10-3-4-13(9-14(10)19(21)22)15(20)18-17-11(2)12-5-7-16-8-6-12/h3-9H,1-2H3,(H,18,20)/b17-11+. The topological polar surface area (TPSA) is 97.5 Å². The van der Waals surface area contributed by atoms with Gasteiger partial charge < -0.3 is 0 Å². The number of nitro benzene ring substituents is 1. The van der Waals surface area contributed by atoms with E-state index in [0.29, 0.717) is 11.3 Å². The van der Waals surface area contributed by atoms with Crippen molar-refractivity contribution in [3.05, 3.63) is 69.5 Å². The van der Waals surface area contributed by atoms with Crippen LogP contribution in [0.5, 0.6) is 0 Å². The van der Waals surface area contributed by atoms with Crippen LogP contribution in [0.2, 0.25) is 0 Å². The number of nitro groups is 1. The summed E-state index contributed by atoms with van der Waals surface area (Å²) in [5, 5.41) is 14.9. The fourth-order valence-electron chi connectivity index (χ4n) is 1.80. The molecule has 0 bridgehead atoms. The molecule has 1 N–H and O–H groups in total. The van der Waals surface area contributed by atoms with Crippen LogP contribution in [0.25, 0.3) is 0 Å². The van der Waals surface area contributed by atoms with Crippen LogP contribution in [0, 0.1) is 17.0 Å². The predicted octanol–water partition coefficient (Wildman–Crippen LogP) is 2.45. The molecule has 1 heterocycles. The van der Waals surface area contributed by atoms with Crippen LogP contribution in [0.3, 0.4) is 0 Å². The molecule has 7 heteroatoms. The van der Waals surface area contributed by atoms with Gasteiger partial charge >= 0.3 is 0 Å².